The smallest absolute Gasteiger partial charge is 0.421 e. The molecule has 12 rings (SSSR count). The molecule has 7 N–H and O–H groups in total. The summed E-state index contributed by atoms with van der Waals surface area (Å²) in [6, 6.07) is 51.6. The minimum Gasteiger partial charge on any atom is -0.495 e. The zero-order chi connectivity index (χ0) is 72.7. The largest absolute Gasteiger partial charge is 0.495 e. The molecule has 0 bridgehead atoms. The van der Waals surface area contributed by atoms with Gasteiger partial charge in [0.2, 0.25) is 11.9 Å². The zero-order valence-corrected chi connectivity index (χ0v) is 59.4. The van der Waals surface area contributed by atoms with E-state index < -0.39 is 28.6 Å². The lowest BCUT2D eigenvalue weighted by atomic mass is 9.88. The summed E-state index contributed by atoms with van der Waals surface area (Å²) in [5.41, 5.74) is 4.34. The van der Waals surface area contributed by atoms with Crippen molar-refractivity contribution in [1.29, 1.82) is 0 Å². The number of ether oxygens (including phenoxy) is 2. The fourth-order valence-corrected chi connectivity index (χ4v) is 13.7. The first-order valence-corrected chi connectivity index (χ1v) is 35.7. The van der Waals surface area contributed by atoms with E-state index in [1.54, 1.807) is 35.2 Å². The van der Waals surface area contributed by atoms with E-state index in [-0.39, 0.29) is 75.1 Å². The molecule has 2 saturated carbocycles. The first-order chi connectivity index (χ1) is 49.8. The van der Waals surface area contributed by atoms with E-state index >= 15 is 0 Å². The van der Waals surface area contributed by atoms with Crippen molar-refractivity contribution in [2.75, 3.05) is 70.0 Å². The first-order valence-electron chi connectivity index (χ1n) is 35.3. The molecular weight excluding hydrogens is 1370 g/mol. The van der Waals surface area contributed by atoms with Crippen LogP contribution < -0.4 is 51.6 Å². The summed E-state index contributed by atoms with van der Waals surface area (Å²) < 4.78 is 93.6. The van der Waals surface area contributed by atoms with Crippen molar-refractivity contribution >= 4 is 52.5 Å². The Hall–Kier alpha value is -8.91. The molecule has 4 fully saturated rings. The van der Waals surface area contributed by atoms with Crippen molar-refractivity contribution in [2.24, 2.45) is 0 Å². The van der Waals surface area contributed by atoms with Crippen LogP contribution in [0.4, 0.5) is 55.4 Å². The molecule has 2 amide bonds. The van der Waals surface area contributed by atoms with E-state index in [1.807, 2.05) is 67.7 Å². The molecule has 4 heterocycles. The molecule has 25 heteroatoms. The Kier molecular flexibility index (Phi) is 31.1. The Morgan fingerprint density at radius 1 is 0.495 bits per heavy atom. The number of methoxy groups -OCH3 is 2. The molecule has 4 aliphatic rings. The predicted molar refractivity (Wildman–Crippen MR) is 406 cm³/mol. The number of anilines is 5. The van der Waals surface area contributed by atoms with Gasteiger partial charge in [0.1, 0.15) is 33.6 Å². The van der Waals surface area contributed by atoms with E-state index in [4.69, 9.17) is 21.1 Å². The Labute approximate surface area is 619 Å². The van der Waals surface area contributed by atoms with Crippen molar-refractivity contribution in [2.45, 2.75) is 167 Å². The highest BCUT2D eigenvalue weighted by molar-refractivity contribution is 6.30. The van der Waals surface area contributed by atoms with E-state index in [2.05, 4.69) is 135 Å². The lowest BCUT2D eigenvalue weighted by molar-refractivity contribution is -0.138. The van der Waals surface area contributed by atoms with Crippen LogP contribution in [0.5, 0.6) is 11.5 Å². The van der Waals surface area contributed by atoms with Crippen molar-refractivity contribution in [3.63, 3.8) is 0 Å². The van der Waals surface area contributed by atoms with Gasteiger partial charge in [-0.1, -0.05) is 173 Å². The van der Waals surface area contributed by atoms with Crippen molar-refractivity contribution in [1.82, 2.24) is 56.3 Å². The maximum Gasteiger partial charge on any atom is 0.421 e. The van der Waals surface area contributed by atoms with Crippen LogP contribution in [0.15, 0.2) is 170 Å². The second kappa shape index (κ2) is 40.0. The average molecular weight is 1470 g/mol. The maximum atomic E-state index is 14.8. The number of aromatic nitrogens is 4. The molecule has 8 aromatic rings. The average Bonchev–Trinajstić information content (AvgIpc) is 0.777. The van der Waals surface area contributed by atoms with E-state index in [0.29, 0.717) is 65.2 Å². The van der Waals surface area contributed by atoms with Crippen LogP contribution in [0.1, 0.15) is 146 Å². The quantitative estimate of drug-likeness (QED) is 0.0236. The maximum absolute atomic E-state index is 14.8. The van der Waals surface area contributed by atoms with Gasteiger partial charge in [0.15, 0.2) is 0 Å². The number of nitrogens with zero attached hydrogens (tertiary/aromatic N) is 7. The van der Waals surface area contributed by atoms with Crippen LogP contribution in [0, 0.1) is 0 Å². The first kappa shape index (κ1) is 81.8. The normalized spacial score (nSPS) is 18.0. The minimum atomic E-state index is -4.69. The third-order valence-corrected chi connectivity index (χ3v) is 19.5. The highest BCUT2D eigenvalue weighted by Crippen LogP contribution is 2.41. The summed E-state index contributed by atoms with van der Waals surface area (Å²) in [5.74, 6) is -0.0989. The number of benzene rings is 6. The Morgan fingerprint density at radius 2 is 0.867 bits per heavy atom. The topological polar surface area (TPSA) is 198 Å². The number of likely N-dealkylation sites (tertiary alicyclic amines) is 2. The summed E-state index contributed by atoms with van der Waals surface area (Å²) in [4.78, 5) is 47.9. The Bertz CT molecular complexity index is 3900. The molecule has 2 aliphatic heterocycles. The molecule has 18 nitrogen and oxygen atoms in total. The van der Waals surface area contributed by atoms with Gasteiger partial charge >= 0.3 is 12.4 Å². The molecule has 0 unspecified atom stereocenters. The summed E-state index contributed by atoms with van der Waals surface area (Å²) in [7, 11) is 7.00. The lowest BCUT2D eigenvalue weighted by Gasteiger charge is -2.42. The fraction of sp³-hybridized carbons (Fsp3) is 0.425. The highest BCUT2D eigenvalue weighted by atomic mass is 35.5. The lowest BCUT2D eigenvalue weighted by Crippen LogP contribution is -2.52. The molecule has 2 aromatic heterocycles. The third kappa shape index (κ3) is 24.3. The minimum absolute atomic E-state index is 0. The highest BCUT2D eigenvalue weighted by Gasteiger charge is 2.41. The van der Waals surface area contributed by atoms with E-state index in [1.165, 1.54) is 57.1 Å². The second-order valence-electron chi connectivity index (χ2n) is 26.7. The van der Waals surface area contributed by atoms with Crippen molar-refractivity contribution in [3.05, 3.63) is 220 Å². The third-order valence-electron chi connectivity index (χ3n) is 19.2. The summed E-state index contributed by atoms with van der Waals surface area (Å²) in [6.07, 6.45) is 4.29. The van der Waals surface area contributed by atoms with Crippen LogP contribution in [-0.4, -0.2) is 132 Å². The summed E-state index contributed by atoms with van der Waals surface area (Å²) >= 11 is 5.62. The van der Waals surface area contributed by atoms with Crippen LogP contribution in [0.3, 0.4) is 0 Å². The summed E-state index contributed by atoms with van der Waals surface area (Å²) in [5, 5.41) is 22.4. The molecule has 0 spiro atoms. The molecule has 105 heavy (non-hydrogen) atoms. The number of nitrogens with one attached hydrogen (secondary N) is 7. The summed E-state index contributed by atoms with van der Waals surface area (Å²) in [6.45, 7) is 6.46. The molecule has 0 radical (unpaired) electrons. The van der Waals surface area contributed by atoms with Gasteiger partial charge in [0.25, 0.3) is 11.8 Å². The number of amides is 2. The predicted octanol–water partition coefficient (Wildman–Crippen LogP) is 16.1. The van der Waals surface area contributed by atoms with Gasteiger partial charge in [-0.25, -0.2) is 15.0 Å². The van der Waals surface area contributed by atoms with Gasteiger partial charge < -0.3 is 61.4 Å². The van der Waals surface area contributed by atoms with Gasteiger partial charge in [-0.2, -0.15) is 31.3 Å². The van der Waals surface area contributed by atoms with Crippen LogP contribution in [-0.2, 0) is 38.5 Å². The van der Waals surface area contributed by atoms with E-state index in [9.17, 15) is 35.9 Å². The number of piperidine rings is 2. The Balaban J connectivity index is 0.000000218. The standard InChI is InChI=1S/C39H46F3N7O2.C20H26N2.C19H21ClF3N5O2.2CH4/c1-48-21-19-30(20-22-48)45-37(50)29-17-18-33(35(23-29)51-2)46-38-44-25-31(39(40,41)42)36(47-38)49(26-28-13-7-4-8-14-28)34-16-10-9-15-32(34)43-24-27-11-5-3-6-12-27;1-3-9-17(10-4-1)15-21-19-13-7-8-14-20(19)22-16-18-11-5-2-6-12-18;1-28-7-5-12(6-8-28)25-17(29)11-3-4-14(15(9-11)30-2)26-18-24-10-13(16(20)27-18)19(21,22)23;;/h3-8,11-14,17-18,23,25,30,32,34,43H,9-10,15-16,19-22,24,26H2,1-2H3,(H,45,50)(H,44,46,47);1-6,9-12,19-22H,7-8,13-16H2;3-4,9-10,12H,5-8H2,1-2H3,(H,25,29)(H,24,26,27);2*1H4/t32-,34-;19-,20-;;;/m11.../s1. The number of alkyl halides is 6. The van der Waals surface area contributed by atoms with E-state index in [0.717, 1.165) is 102 Å². The molecule has 2 aliphatic carbocycles. The zero-order valence-electron chi connectivity index (χ0n) is 58.7. The molecule has 2 saturated heterocycles. The number of rotatable bonds is 23. The molecule has 4 atom stereocenters. The van der Waals surface area contributed by atoms with Crippen molar-refractivity contribution in [3.8, 4) is 11.5 Å². The van der Waals surface area contributed by atoms with Gasteiger partial charge in [-0.3, -0.25) is 9.59 Å². The fourth-order valence-electron chi connectivity index (χ4n) is 13.4. The monoisotopic (exact) mass is 1470 g/mol. The second-order valence-corrected chi connectivity index (χ2v) is 27.0. The SMILES string of the molecule is C.C.COc1cc(C(=O)NC2CCN(C)CC2)ccc1Nc1ncc(C(F)(F)F)c(Cl)n1.COc1cc(C(=O)NC2CCN(C)CC2)ccc1Nc1ncc(C(F)(F)F)c(N(Cc2ccccc2)[C@@H]2CCCC[C@H]2NCc2ccccc2)n1.c1ccc(CN[C@@H]2CCCC[C@H]2NCc2ccccc2)cc1. The van der Waals surface area contributed by atoms with Gasteiger partial charge in [0.05, 0.1) is 25.6 Å². The molecular formula is C80H101ClF6N14O4. The number of halogens is 7. The van der Waals surface area contributed by atoms with Gasteiger partial charge in [-0.05, 0) is 150 Å². The van der Waals surface area contributed by atoms with Gasteiger partial charge in [-0.15, -0.1) is 0 Å². The van der Waals surface area contributed by atoms with Crippen LogP contribution in [0.2, 0.25) is 5.15 Å². The number of hydrogen-bond donors (Lipinski definition) is 7. The van der Waals surface area contributed by atoms with Crippen LogP contribution >= 0.6 is 11.6 Å². The number of carbonyl (C=O) groups excluding carboxylic acids is 2. The van der Waals surface area contributed by atoms with Crippen LogP contribution in [0.25, 0.3) is 0 Å². The molecule has 6 aromatic carbocycles. The molecule has 564 valence electrons. The number of carbonyl (C=O) groups is 2. The van der Waals surface area contributed by atoms with Crippen molar-refractivity contribution < 1.29 is 45.4 Å². The number of hydrogen-bond acceptors (Lipinski definition) is 16. The Morgan fingerprint density at radius 3 is 1.27 bits per heavy atom. The van der Waals surface area contributed by atoms with Gasteiger partial charge in [0, 0.05) is 86.0 Å².